The minimum Gasteiger partial charge on any atom is -0.381 e. The molecule has 0 aliphatic heterocycles. The molecule has 1 aromatic heterocycles. The summed E-state index contributed by atoms with van der Waals surface area (Å²) in [6, 6.07) is 8.41. The average molecular weight is 215 g/mol. The summed E-state index contributed by atoms with van der Waals surface area (Å²) in [7, 11) is 0. The van der Waals surface area contributed by atoms with Crippen LogP contribution in [0.5, 0.6) is 0 Å². The molecular formula is C13H17N3. The van der Waals surface area contributed by atoms with E-state index in [2.05, 4.69) is 54.7 Å². The predicted molar refractivity (Wildman–Crippen MR) is 66.4 cm³/mol. The summed E-state index contributed by atoms with van der Waals surface area (Å²) in [6.07, 6.45) is 3.98. The van der Waals surface area contributed by atoms with Crippen molar-refractivity contribution in [2.45, 2.75) is 26.9 Å². The number of nitrogens with zero attached hydrogens (tertiary/aromatic N) is 2. The third-order valence-electron chi connectivity index (χ3n) is 2.56. The minimum absolute atomic E-state index is 0.822. The van der Waals surface area contributed by atoms with Gasteiger partial charge in [-0.3, -0.25) is 4.68 Å². The second-order valence-corrected chi connectivity index (χ2v) is 3.92. The molecule has 16 heavy (non-hydrogen) atoms. The van der Waals surface area contributed by atoms with Crippen molar-refractivity contribution < 1.29 is 0 Å². The molecule has 1 N–H and O–H groups in total. The average Bonchev–Trinajstić information content (AvgIpc) is 2.76. The first-order valence-electron chi connectivity index (χ1n) is 5.60. The van der Waals surface area contributed by atoms with Gasteiger partial charge in [0.1, 0.15) is 0 Å². The molecule has 0 radical (unpaired) electrons. The third-order valence-corrected chi connectivity index (χ3v) is 2.56. The maximum atomic E-state index is 4.24. The van der Waals surface area contributed by atoms with Gasteiger partial charge in [0.05, 0.1) is 6.20 Å². The van der Waals surface area contributed by atoms with Crippen LogP contribution in [0.2, 0.25) is 0 Å². The van der Waals surface area contributed by atoms with E-state index in [0.717, 1.165) is 18.8 Å². The molecule has 0 aliphatic rings. The Hall–Kier alpha value is -1.77. The van der Waals surface area contributed by atoms with Crippen LogP contribution in [-0.2, 0) is 13.1 Å². The maximum Gasteiger partial charge on any atom is 0.0539 e. The van der Waals surface area contributed by atoms with Gasteiger partial charge in [-0.1, -0.05) is 17.7 Å². The molecule has 0 amide bonds. The van der Waals surface area contributed by atoms with Crippen LogP contribution in [0.15, 0.2) is 36.7 Å². The van der Waals surface area contributed by atoms with E-state index in [1.807, 2.05) is 10.9 Å². The Morgan fingerprint density at radius 3 is 2.62 bits per heavy atom. The summed E-state index contributed by atoms with van der Waals surface area (Å²) in [4.78, 5) is 0. The minimum atomic E-state index is 0.822. The zero-order valence-electron chi connectivity index (χ0n) is 9.77. The summed E-state index contributed by atoms with van der Waals surface area (Å²) >= 11 is 0. The van der Waals surface area contributed by atoms with Crippen LogP contribution in [-0.4, -0.2) is 9.78 Å². The highest BCUT2D eigenvalue weighted by Crippen LogP contribution is 2.10. The monoisotopic (exact) mass is 215 g/mol. The van der Waals surface area contributed by atoms with Crippen LogP contribution in [0, 0.1) is 6.92 Å². The van der Waals surface area contributed by atoms with E-state index in [9.17, 15) is 0 Å². The topological polar surface area (TPSA) is 29.9 Å². The van der Waals surface area contributed by atoms with Crippen molar-refractivity contribution >= 4 is 5.69 Å². The molecule has 1 heterocycles. The van der Waals surface area contributed by atoms with Gasteiger partial charge in [-0.15, -0.1) is 0 Å². The number of hydrogen-bond donors (Lipinski definition) is 1. The molecule has 0 unspecified atom stereocenters. The van der Waals surface area contributed by atoms with Gasteiger partial charge in [0.25, 0.3) is 0 Å². The van der Waals surface area contributed by atoms with Crippen molar-refractivity contribution in [3.8, 4) is 0 Å². The van der Waals surface area contributed by atoms with Crippen molar-refractivity contribution in [3.63, 3.8) is 0 Å². The number of anilines is 1. The summed E-state index contributed by atoms with van der Waals surface area (Å²) in [5.41, 5.74) is 3.64. The highest BCUT2D eigenvalue weighted by Gasteiger charge is 1.97. The normalized spacial score (nSPS) is 10.4. The fraction of sp³-hybridized carbons (Fsp3) is 0.308. The molecule has 84 valence electrons. The SMILES string of the molecule is CCn1cc(CNc2ccc(C)cc2)cn1. The predicted octanol–water partition coefficient (Wildman–Crippen LogP) is 2.82. The molecule has 0 bridgehead atoms. The first kappa shape index (κ1) is 10.7. The molecule has 0 aliphatic carbocycles. The third kappa shape index (κ3) is 2.63. The lowest BCUT2D eigenvalue weighted by molar-refractivity contribution is 0.659. The first-order valence-corrected chi connectivity index (χ1v) is 5.60. The van der Waals surface area contributed by atoms with Gasteiger partial charge in [0, 0.05) is 30.5 Å². The maximum absolute atomic E-state index is 4.24. The number of hydrogen-bond acceptors (Lipinski definition) is 2. The lowest BCUT2D eigenvalue weighted by Crippen LogP contribution is -1.98. The van der Waals surface area contributed by atoms with Crippen LogP contribution in [0.25, 0.3) is 0 Å². The Kier molecular flexibility index (Phi) is 3.25. The van der Waals surface area contributed by atoms with Gasteiger partial charge in [-0.25, -0.2) is 0 Å². The van der Waals surface area contributed by atoms with E-state index >= 15 is 0 Å². The Morgan fingerprint density at radius 2 is 2.00 bits per heavy atom. The zero-order chi connectivity index (χ0) is 11.4. The van der Waals surface area contributed by atoms with Crippen molar-refractivity contribution in [2.75, 3.05) is 5.32 Å². The van der Waals surface area contributed by atoms with E-state index in [-0.39, 0.29) is 0 Å². The Bertz CT molecular complexity index is 442. The van der Waals surface area contributed by atoms with Crippen LogP contribution < -0.4 is 5.32 Å². The largest absolute Gasteiger partial charge is 0.381 e. The molecule has 2 aromatic rings. The van der Waals surface area contributed by atoms with Crippen molar-refractivity contribution in [1.29, 1.82) is 0 Å². The van der Waals surface area contributed by atoms with Crippen molar-refractivity contribution in [2.24, 2.45) is 0 Å². The van der Waals surface area contributed by atoms with Gasteiger partial charge in [-0.05, 0) is 26.0 Å². The van der Waals surface area contributed by atoms with E-state index in [4.69, 9.17) is 0 Å². The molecule has 0 saturated carbocycles. The number of aromatic nitrogens is 2. The van der Waals surface area contributed by atoms with E-state index in [1.54, 1.807) is 0 Å². The van der Waals surface area contributed by atoms with Gasteiger partial charge in [0.2, 0.25) is 0 Å². The molecule has 3 nitrogen and oxygen atoms in total. The lowest BCUT2D eigenvalue weighted by Gasteiger charge is -2.04. The van der Waals surface area contributed by atoms with E-state index in [0.29, 0.717) is 0 Å². The van der Waals surface area contributed by atoms with Crippen LogP contribution >= 0.6 is 0 Å². The number of aryl methyl sites for hydroxylation is 2. The highest BCUT2D eigenvalue weighted by molar-refractivity contribution is 5.44. The molecule has 1 aromatic carbocycles. The molecule has 0 spiro atoms. The Labute approximate surface area is 96.1 Å². The Balaban J connectivity index is 1.94. The fourth-order valence-corrected chi connectivity index (χ4v) is 1.55. The molecule has 3 heteroatoms. The summed E-state index contributed by atoms with van der Waals surface area (Å²) in [6.45, 7) is 5.92. The number of nitrogens with one attached hydrogen (secondary N) is 1. The molecular weight excluding hydrogens is 198 g/mol. The van der Waals surface area contributed by atoms with Crippen LogP contribution in [0.4, 0.5) is 5.69 Å². The van der Waals surface area contributed by atoms with Gasteiger partial charge in [-0.2, -0.15) is 5.10 Å². The molecule has 0 fully saturated rings. The van der Waals surface area contributed by atoms with Gasteiger partial charge >= 0.3 is 0 Å². The standard InChI is InChI=1S/C13H17N3/c1-3-16-10-12(9-15-16)8-14-13-6-4-11(2)5-7-13/h4-7,9-10,14H,3,8H2,1-2H3. The van der Waals surface area contributed by atoms with Crippen molar-refractivity contribution in [1.82, 2.24) is 9.78 Å². The molecule has 0 saturated heterocycles. The number of benzene rings is 1. The van der Waals surface area contributed by atoms with Gasteiger partial charge in [0.15, 0.2) is 0 Å². The Morgan fingerprint density at radius 1 is 1.25 bits per heavy atom. The summed E-state index contributed by atoms with van der Waals surface area (Å²) in [5, 5.41) is 7.61. The summed E-state index contributed by atoms with van der Waals surface area (Å²) in [5.74, 6) is 0. The van der Waals surface area contributed by atoms with Crippen molar-refractivity contribution in [3.05, 3.63) is 47.8 Å². The van der Waals surface area contributed by atoms with Crippen LogP contribution in [0.3, 0.4) is 0 Å². The smallest absolute Gasteiger partial charge is 0.0539 e. The second-order valence-electron chi connectivity index (χ2n) is 3.92. The van der Waals surface area contributed by atoms with Gasteiger partial charge < -0.3 is 5.32 Å². The first-order chi connectivity index (χ1) is 7.78. The summed E-state index contributed by atoms with van der Waals surface area (Å²) < 4.78 is 1.94. The quantitative estimate of drug-likeness (QED) is 0.850. The second kappa shape index (κ2) is 4.84. The molecule has 0 atom stereocenters. The van der Waals surface area contributed by atoms with E-state index in [1.165, 1.54) is 11.1 Å². The number of rotatable bonds is 4. The van der Waals surface area contributed by atoms with Crippen LogP contribution in [0.1, 0.15) is 18.1 Å². The highest BCUT2D eigenvalue weighted by atomic mass is 15.3. The molecule has 2 rings (SSSR count). The zero-order valence-corrected chi connectivity index (χ0v) is 9.77. The lowest BCUT2D eigenvalue weighted by atomic mass is 10.2. The fourth-order valence-electron chi connectivity index (χ4n) is 1.55. The van der Waals surface area contributed by atoms with E-state index < -0.39 is 0 Å².